The number of allylic oxidation sites excluding steroid dienone is 3. The van der Waals surface area contributed by atoms with Crippen molar-refractivity contribution in [2.24, 2.45) is 5.92 Å². The predicted octanol–water partition coefficient (Wildman–Crippen LogP) is 2.03. The van der Waals surface area contributed by atoms with E-state index in [0.717, 1.165) is 0 Å². The average molecular weight is 123 g/mol. The second kappa shape index (κ2) is 2.26. The molecule has 1 aliphatic heterocycles. The molecule has 0 radical (unpaired) electrons. The van der Waals surface area contributed by atoms with Crippen molar-refractivity contribution in [2.75, 3.05) is 0 Å². The van der Waals surface area contributed by atoms with Gasteiger partial charge in [0.25, 0.3) is 0 Å². The van der Waals surface area contributed by atoms with Crippen molar-refractivity contribution in [2.45, 2.75) is 20.8 Å². The molecule has 0 bridgehead atoms. The molecule has 50 valence electrons. The molecule has 0 aromatic rings. The fourth-order valence-electron chi connectivity index (χ4n) is 0.914. The van der Waals surface area contributed by atoms with E-state index in [1.165, 1.54) is 11.3 Å². The Labute approximate surface area is 56.5 Å². The Morgan fingerprint density at radius 3 is 2.56 bits per heavy atom. The number of dihydropyridines is 1. The highest BCUT2D eigenvalue weighted by Gasteiger charge is 2.04. The van der Waals surface area contributed by atoms with Gasteiger partial charge in [-0.3, -0.25) is 0 Å². The summed E-state index contributed by atoms with van der Waals surface area (Å²) in [4.78, 5) is 0. The number of hydrogen-bond donors (Lipinski definition) is 1. The van der Waals surface area contributed by atoms with Crippen LogP contribution in [-0.4, -0.2) is 0 Å². The van der Waals surface area contributed by atoms with E-state index in [2.05, 4.69) is 38.4 Å². The first kappa shape index (κ1) is 6.40. The topological polar surface area (TPSA) is 12.0 Å². The van der Waals surface area contributed by atoms with Crippen molar-refractivity contribution in [1.82, 2.24) is 5.32 Å². The molecule has 0 fully saturated rings. The van der Waals surface area contributed by atoms with Crippen molar-refractivity contribution in [3.63, 3.8) is 0 Å². The monoisotopic (exact) mass is 123 g/mol. The number of hydrogen-bond acceptors (Lipinski definition) is 1. The van der Waals surface area contributed by atoms with Gasteiger partial charge in [-0.25, -0.2) is 0 Å². The highest BCUT2D eigenvalue weighted by Crippen LogP contribution is 2.15. The lowest BCUT2D eigenvalue weighted by atomic mass is 10.0. The van der Waals surface area contributed by atoms with E-state index in [1.807, 2.05) is 0 Å². The third-order valence-corrected chi connectivity index (χ3v) is 1.75. The minimum absolute atomic E-state index is 0.617. The first-order valence-corrected chi connectivity index (χ1v) is 3.32. The zero-order valence-corrected chi connectivity index (χ0v) is 6.23. The van der Waals surface area contributed by atoms with Gasteiger partial charge in [0.2, 0.25) is 0 Å². The molecule has 1 heteroatoms. The first-order valence-electron chi connectivity index (χ1n) is 3.32. The maximum atomic E-state index is 3.16. The molecule has 0 unspecified atom stereocenters. The fourth-order valence-corrected chi connectivity index (χ4v) is 0.914. The van der Waals surface area contributed by atoms with Crippen molar-refractivity contribution < 1.29 is 0 Å². The van der Waals surface area contributed by atoms with Crippen LogP contribution >= 0.6 is 0 Å². The van der Waals surface area contributed by atoms with Crippen LogP contribution in [0.15, 0.2) is 23.5 Å². The molecule has 1 aliphatic rings. The van der Waals surface area contributed by atoms with E-state index < -0.39 is 0 Å². The Balaban J connectivity index is 2.70. The van der Waals surface area contributed by atoms with Crippen LogP contribution in [0.1, 0.15) is 20.8 Å². The molecule has 1 atom stereocenters. The fraction of sp³-hybridized carbons (Fsp3) is 0.500. The van der Waals surface area contributed by atoms with Crippen LogP contribution in [0.4, 0.5) is 0 Å². The van der Waals surface area contributed by atoms with E-state index in [-0.39, 0.29) is 0 Å². The highest BCUT2D eigenvalue weighted by atomic mass is 14.8. The maximum absolute atomic E-state index is 3.16. The molecule has 1 rings (SSSR count). The number of nitrogens with one attached hydrogen (secondary N) is 1. The van der Waals surface area contributed by atoms with Crippen molar-refractivity contribution in [3.05, 3.63) is 23.5 Å². The summed E-state index contributed by atoms with van der Waals surface area (Å²) in [5, 5.41) is 3.16. The van der Waals surface area contributed by atoms with E-state index in [9.17, 15) is 0 Å². The second-order valence-corrected chi connectivity index (χ2v) is 2.67. The van der Waals surface area contributed by atoms with Crippen LogP contribution in [-0.2, 0) is 0 Å². The zero-order chi connectivity index (χ0) is 6.85. The average Bonchev–Trinajstić information content (AvgIpc) is 1.80. The smallest absolute Gasteiger partial charge is 0.00802 e. The van der Waals surface area contributed by atoms with Crippen LogP contribution in [0, 0.1) is 5.92 Å². The maximum Gasteiger partial charge on any atom is 0.00802 e. The van der Waals surface area contributed by atoms with Gasteiger partial charge in [-0.1, -0.05) is 18.6 Å². The van der Waals surface area contributed by atoms with E-state index in [4.69, 9.17) is 0 Å². The Hall–Kier alpha value is -0.720. The normalized spacial score (nSPS) is 26.3. The molecule has 9 heavy (non-hydrogen) atoms. The van der Waals surface area contributed by atoms with Gasteiger partial charge in [-0.15, -0.1) is 0 Å². The molecule has 0 aromatic carbocycles. The van der Waals surface area contributed by atoms with Gasteiger partial charge in [-0.05, 0) is 19.8 Å². The van der Waals surface area contributed by atoms with E-state index in [0.29, 0.717) is 5.92 Å². The van der Waals surface area contributed by atoms with Crippen LogP contribution < -0.4 is 5.32 Å². The van der Waals surface area contributed by atoms with Crippen LogP contribution in [0.25, 0.3) is 0 Å². The quantitative estimate of drug-likeness (QED) is 0.519. The summed E-state index contributed by atoms with van der Waals surface area (Å²) in [5.41, 5.74) is 2.66. The van der Waals surface area contributed by atoms with Gasteiger partial charge in [0.15, 0.2) is 0 Å². The molecule has 0 spiro atoms. The zero-order valence-electron chi connectivity index (χ0n) is 6.23. The summed E-state index contributed by atoms with van der Waals surface area (Å²) in [7, 11) is 0. The van der Waals surface area contributed by atoms with Gasteiger partial charge in [0.05, 0.1) is 0 Å². The van der Waals surface area contributed by atoms with Gasteiger partial charge in [0, 0.05) is 11.9 Å². The molecule has 1 N–H and O–H groups in total. The SMILES string of the molecule is CC1=C[C@H](C)C(C)=CN1. The minimum Gasteiger partial charge on any atom is -0.366 e. The molecular formula is C8H13N. The molecule has 0 amide bonds. The minimum atomic E-state index is 0.617. The summed E-state index contributed by atoms with van der Waals surface area (Å²) < 4.78 is 0. The largest absolute Gasteiger partial charge is 0.366 e. The summed E-state index contributed by atoms with van der Waals surface area (Å²) >= 11 is 0. The Bertz CT molecular complexity index is 165. The lowest BCUT2D eigenvalue weighted by Crippen LogP contribution is -2.11. The van der Waals surface area contributed by atoms with Gasteiger partial charge < -0.3 is 5.32 Å². The first-order chi connectivity index (χ1) is 4.20. The predicted molar refractivity (Wildman–Crippen MR) is 39.8 cm³/mol. The summed E-state index contributed by atoms with van der Waals surface area (Å²) in [6.07, 6.45) is 4.30. The summed E-state index contributed by atoms with van der Waals surface area (Å²) in [6, 6.07) is 0. The Kier molecular flexibility index (Phi) is 1.60. The lowest BCUT2D eigenvalue weighted by molar-refractivity contribution is 0.790. The van der Waals surface area contributed by atoms with Crippen LogP contribution in [0.3, 0.4) is 0 Å². The Morgan fingerprint density at radius 1 is 1.44 bits per heavy atom. The lowest BCUT2D eigenvalue weighted by Gasteiger charge is -2.15. The molecule has 0 aromatic heterocycles. The van der Waals surface area contributed by atoms with Gasteiger partial charge in [0.1, 0.15) is 0 Å². The molecule has 1 nitrogen and oxygen atoms in total. The molecule has 1 heterocycles. The standard InChI is InChI=1S/C8H13N/c1-6-4-8(3)9-5-7(6)2/h4-6,9H,1-3H3/t6-/m0/s1. The summed E-state index contributed by atoms with van der Waals surface area (Å²) in [5.74, 6) is 0.617. The highest BCUT2D eigenvalue weighted by molar-refractivity contribution is 5.19. The van der Waals surface area contributed by atoms with Crippen molar-refractivity contribution in [3.8, 4) is 0 Å². The van der Waals surface area contributed by atoms with E-state index in [1.54, 1.807) is 0 Å². The van der Waals surface area contributed by atoms with Gasteiger partial charge >= 0.3 is 0 Å². The van der Waals surface area contributed by atoms with E-state index >= 15 is 0 Å². The van der Waals surface area contributed by atoms with Crippen molar-refractivity contribution in [1.29, 1.82) is 0 Å². The second-order valence-electron chi connectivity index (χ2n) is 2.67. The van der Waals surface area contributed by atoms with Crippen LogP contribution in [0.2, 0.25) is 0 Å². The third-order valence-electron chi connectivity index (χ3n) is 1.75. The molecular weight excluding hydrogens is 110 g/mol. The number of rotatable bonds is 0. The Morgan fingerprint density at radius 2 is 2.11 bits per heavy atom. The molecule has 0 aliphatic carbocycles. The molecule has 0 saturated heterocycles. The van der Waals surface area contributed by atoms with Crippen LogP contribution in [0.5, 0.6) is 0 Å². The summed E-state index contributed by atoms with van der Waals surface area (Å²) in [6.45, 7) is 6.43. The van der Waals surface area contributed by atoms with Gasteiger partial charge in [-0.2, -0.15) is 0 Å². The molecule has 0 saturated carbocycles. The van der Waals surface area contributed by atoms with Crippen molar-refractivity contribution >= 4 is 0 Å². The third kappa shape index (κ3) is 1.35.